The van der Waals surface area contributed by atoms with Crippen LogP contribution in [0.1, 0.15) is 0 Å². The topological polar surface area (TPSA) is 184 Å². The van der Waals surface area contributed by atoms with Crippen LogP contribution in [0.2, 0.25) is 0 Å². The molecule has 1 saturated heterocycles. The minimum atomic E-state index is -1.65. The molecule has 1 aliphatic heterocycles. The number of hydrogen-bond donors (Lipinski definition) is 5. The Morgan fingerprint density at radius 1 is 1.12 bits per heavy atom. The summed E-state index contributed by atoms with van der Waals surface area (Å²) in [6, 6.07) is 2.59. The average molecular weight is 342 g/mol. The van der Waals surface area contributed by atoms with Crippen LogP contribution in [0.3, 0.4) is 0 Å². The largest absolute Gasteiger partial charge is 0.388 e. The number of aliphatic hydroxyl groups is 4. The van der Waals surface area contributed by atoms with E-state index in [1.165, 1.54) is 12.1 Å². The van der Waals surface area contributed by atoms with Crippen molar-refractivity contribution < 1.29 is 34.7 Å². The van der Waals surface area contributed by atoms with E-state index in [2.05, 4.69) is 20.3 Å². The van der Waals surface area contributed by atoms with E-state index >= 15 is 0 Å². The molecular weight excluding hydrogens is 328 g/mol. The van der Waals surface area contributed by atoms with E-state index in [4.69, 9.17) is 4.74 Å². The summed E-state index contributed by atoms with van der Waals surface area (Å²) in [5, 5.41) is 59.2. The van der Waals surface area contributed by atoms with Crippen LogP contribution in [0.15, 0.2) is 16.8 Å². The highest BCUT2D eigenvalue weighted by atomic mass is 16.6. The van der Waals surface area contributed by atoms with Gasteiger partial charge in [-0.2, -0.15) is 0 Å². The van der Waals surface area contributed by atoms with Crippen molar-refractivity contribution in [3.05, 3.63) is 22.2 Å². The van der Waals surface area contributed by atoms with Gasteiger partial charge in [0.1, 0.15) is 24.4 Å². The van der Waals surface area contributed by atoms with E-state index in [9.17, 15) is 30.5 Å². The molecule has 130 valence electrons. The first-order valence-electron chi connectivity index (χ1n) is 6.91. The van der Waals surface area contributed by atoms with Gasteiger partial charge in [-0.1, -0.05) is 0 Å². The maximum absolute atomic E-state index is 10.9. The van der Waals surface area contributed by atoms with Gasteiger partial charge in [0.25, 0.3) is 0 Å². The molecule has 0 saturated carbocycles. The number of aliphatic hydroxyl groups excluding tert-OH is 4. The van der Waals surface area contributed by atoms with Gasteiger partial charge in [0.05, 0.1) is 10.6 Å². The lowest BCUT2D eigenvalue weighted by Gasteiger charge is -2.38. The van der Waals surface area contributed by atoms with Crippen LogP contribution in [0.25, 0.3) is 11.0 Å². The van der Waals surface area contributed by atoms with Crippen LogP contribution >= 0.6 is 0 Å². The van der Waals surface area contributed by atoms with Crippen molar-refractivity contribution in [1.82, 2.24) is 10.3 Å². The Morgan fingerprint density at radius 2 is 1.83 bits per heavy atom. The molecule has 12 nitrogen and oxygen atoms in total. The number of rotatable bonds is 4. The number of fused-ring (bicyclic) bond motifs is 1. The Morgan fingerprint density at radius 3 is 2.54 bits per heavy atom. The summed E-state index contributed by atoms with van der Waals surface area (Å²) >= 11 is 0. The van der Waals surface area contributed by atoms with Gasteiger partial charge < -0.3 is 30.5 Å². The number of nitro groups is 1. The molecule has 1 aromatic carbocycles. The molecule has 5 N–H and O–H groups in total. The van der Waals surface area contributed by atoms with E-state index in [0.29, 0.717) is 5.69 Å². The maximum atomic E-state index is 10.9. The first-order chi connectivity index (χ1) is 11.4. The zero-order valence-corrected chi connectivity index (χ0v) is 12.0. The molecule has 0 amide bonds. The number of aromatic nitrogens is 2. The molecule has 1 aliphatic rings. The fourth-order valence-corrected chi connectivity index (χ4v) is 2.45. The molecule has 0 aliphatic carbocycles. The van der Waals surface area contributed by atoms with Crippen LogP contribution in [-0.2, 0) is 4.74 Å². The highest BCUT2D eigenvalue weighted by Crippen LogP contribution is 2.29. The number of nitro benzene ring substituents is 1. The van der Waals surface area contributed by atoms with E-state index in [1.54, 1.807) is 0 Å². The minimum absolute atomic E-state index is 0.0504. The van der Waals surface area contributed by atoms with Crippen LogP contribution in [-0.4, -0.2) is 72.9 Å². The summed E-state index contributed by atoms with van der Waals surface area (Å²) < 4.78 is 9.54. The quantitative estimate of drug-likeness (QED) is 0.316. The molecule has 12 heteroatoms. The normalized spacial score (nSPS) is 30.4. The molecule has 2 aromatic rings. The Hall–Kier alpha value is -2.38. The van der Waals surface area contributed by atoms with Crippen molar-refractivity contribution in [2.75, 3.05) is 11.9 Å². The van der Waals surface area contributed by atoms with Gasteiger partial charge in [-0.05, 0) is 16.4 Å². The second kappa shape index (κ2) is 6.26. The van der Waals surface area contributed by atoms with Gasteiger partial charge in [0.15, 0.2) is 11.8 Å². The molecule has 3 rings (SSSR count). The Kier molecular flexibility index (Phi) is 4.29. The Bertz CT molecular complexity index is 752. The van der Waals surface area contributed by atoms with E-state index in [1.807, 2.05) is 0 Å². The second-order valence-corrected chi connectivity index (χ2v) is 5.27. The fraction of sp³-hybridized carbons (Fsp3) is 0.500. The molecule has 0 bridgehead atoms. The zero-order chi connectivity index (χ0) is 17.4. The summed E-state index contributed by atoms with van der Waals surface area (Å²) in [4.78, 5) is 10.3. The average Bonchev–Trinajstić information content (AvgIpc) is 3.04. The zero-order valence-electron chi connectivity index (χ0n) is 12.0. The molecule has 0 spiro atoms. The predicted octanol–water partition coefficient (Wildman–Crippen LogP) is -1.66. The van der Waals surface area contributed by atoms with Crippen molar-refractivity contribution in [2.24, 2.45) is 0 Å². The highest BCUT2D eigenvalue weighted by Gasteiger charge is 2.42. The summed E-state index contributed by atoms with van der Waals surface area (Å²) in [6.07, 6.45) is -7.34. The lowest BCUT2D eigenvalue weighted by atomic mass is 9.99. The number of nitrogens with one attached hydrogen (secondary N) is 1. The SMILES string of the molecule is O=[N+]([O-])c1ccc(NC[C@H]2OC(O)[C@H](O)[C@@H](O)[C@@H]2O)c2nonc12. The van der Waals surface area contributed by atoms with Crippen LogP contribution < -0.4 is 5.32 Å². The molecular formula is C12H14N4O8. The molecule has 1 unspecified atom stereocenters. The molecule has 24 heavy (non-hydrogen) atoms. The standard InChI is InChI=1S/C12H14N4O8/c17-9-6(23-12(20)11(19)10(9)18)3-13-4-1-2-5(16(21)22)8-7(4)14-24-15-8/h1-2,6,9-13,17-20H,3H2/t6-,9-,10+,11-,12?/m1/s1. The Balaban J connectivity index is 1.78. The number of ether oxygens (including phenoxy) is 1. The lowest BCUT2D eigenvalue weighted by molar-refractivity contribution is -0.383. The third kappa shape index (κ3) is 2.76. The minimum Gasteiger partial charge on any atom is -0.388 e. The van der Waals surface area contributed by atoms with Crippen LogP contribution in [0.4, 0.5) is 11.4 Å². The van der Waals surface area contributed by atoms with Crippen LogP contribution in [0.5, 0.6) is 0 Å². The van der Waals surface area contributed by atoms with Gasteiger partial charge in [-0.25, -0.2) is 4.63 Å². The van der Waals surface area contributed by atoms with Crippen molar-refractivity contribution in [2.45, 2.75) is 30.7 Å². The maximum Gasteiger partial charge on any atom is 0.300 e. The van der Waals surface area contributed by atoms with E-state index in [0.717, 1.165) is 0 Å². The van der Waals surface area contributed by atoms with E-state index < -0.39 is 35.6 Å². The molecule has 0 radical (unpaired) electrons. The summed E-state index contributed by atoms with van der Waals surface area (Å²) in [7, 11) is 0. The summed E-state index contributed by atoms with van der Waals surface area (Å²) in [5.41, 5.74) is 0.101. The van der Waals surface area contributed by atoms with Crippen molar-refractivity contribution in [3.8, 4) is 0 Å². The summed E-state index contributed by atoms with van der Waals surface area (Å²) in [5.74, 6) is 0. The molecule has 1 aromatic heterocycles. The number of nitrogens with zero attached hydrogens (tertiary/aromatic N) is 3. The molecule has 1 fully saturated rings. The smallest absolute Gasteiger partial charge is 0.300 e. The monoisotopic (exact) mass is 342 g/mol. The van der Waals surface area contributed by atoms with Gasteiger partial charge in [-0.3, -0.25) is 10.1 Å². The number of hydrogen-bond acceptors (Lipinski definition) is 11. The van der Waals surface area contributed by atoms with Crippen molar-refractivity contribution in [3.63, 3.8) is 0 Å². The number of non-ortho nitro benzene ring substituents is 1. The third-order valence-electron chi connectivity index (χ3n) is 3.77. The summed E-state index contributed by atoms with van der Waals surface area (Å²) in [6.45, 7) is -0.0816. The lowest BCUT2D eigenvalue weighted by Crippen LogP contribution is -2.59. The molecule has 5 atom stereocenters. The third-order valence-corrected chi connectivity index (χ3v) is 3.77. The first kappa shape index (κ1) is 16.5. The van der Waals surface area contributed by atoms with Crippen molar-refractivity contribution in [1.29, 1.82) is 0 Å². The van der Waals surface area contributed by atoms with E-state index in [-0.39, 0.29) is 23.3 Å². The van der Waals surface area contributed by atoms with Gasteiger partial charge >= 0.3 is 5.69 Å². The predicted molar refractivity (Wildman–Crippen MR) is 75.8 cm³/mol. The van der Waals surface area contributed by atoms with Crippen molar-refractivity contribution >= 4 is 22.4 Å². The fourth-order valence-electron chi connectivity index (χ4n) is 2.45. The Labute approximate surface area is 133 Å². The number of anilines is 1. The van der Waals surface area contributed by atoms with Gasteiger partial charge in [-0.15, -0.1) is 0 Å². The number of benzene rings is 1. The van der Waals surface area contributed by atoms with Gasteiger partial charge in [0, 0.05) is 12.6 Å². The van der Waals surface area contributed by atoms with Crippen LogP contribution in [0, 0.1) is 10.1 Å². The molecule has 2 heterocycles. The van der Waals surface area contributed by atoms with Gasteiger partial charge in [0.2, 0.25) is 5.52 Å². The highest BCUT2D eigenvalue weighted by molar-refractivity contribution is 5.93. The second-order valence-electron chi connectivity index (χ2n) is 5.27. The first-order valence-corrected chi connectivity index (χ1v) is 6.91.